The van der Waals surface area contributed by atoms with E-state index < -0.39 is 0 Å². The van der Waals surface area contributed by atoms with E-state index >= 15 is 0 Å². The molecule has 1 aromatic heterocycles. The van der Waals surface area contributed by atoms with E-state index in [0.717, 1.165) is 38.8 Å². The lowest BCUT2D eigenvalue weighted by molar-refractivity contribution is -0.133. The lowest BCUT2D eigenvalue weighted by Gasteiger charge is -2.27. The van der Waals surface area contributed by atoms with E-state index in [0.29, 0.717) is 11.8 Å². The zero-order valence-corrected chi connectivity index (χ0v) is 11.7. The highest BCUT2D eigenvalue weighted by molar-refractivity contribution is 7.12. The molecule has 1 fully saturated rings. The molecule has 2 nitrogen and oxygen atoms in total. The van der Waals surface area contributed by atoms with Crippen molar-refractivity contribution in [3.05, 3.63) is 27.5 Å². The molecule has 0 spiro atoms. The molecule has 0 radical (unpaired) electrons. The third-order valence-electron chi connectivity index (χ3n) is 3.94. The molecule has 0 bridgehead atoms. The fourth-order valence-electron chi connectivity index (χ4n) is 2.76. The molecule has 1 aromatic rings. The molecule has 0 atom stereocenters. The first-order valence-electron chi connectivity index (χ1n) is 6.79. The van der Waals surface area contributed by atoms with E-state index in [1.165, 1.54) is 20.9 Å². The summed E-state index contributed by atoms with van der Waals surface area (Å²) in [6, 6.07) is 0. The van der Waals surface area contributed by atoms with Crippen LogP contribution in [0.4, 0.5) is 0 Å². The van der Waals surface area contributed by atoms with Gasteiger partial charge in [0.1, 0.15) is 0 Å². The summed E-state index contributed by atoms with van der Waals surface area (Å²) >= 11 is 1.87. The predicted octanol–water partition coefficient (Wildman–Crippen LogP) is 3.25. The van der Waals surface area contributed by atoms with Gasteiger partial charge in [0.25, 0.3) is 0 Å². The van der Waals surface area contributed by atoms with Gasteiger partial charge < -0.3 is 4.90 Å². The SMILES string of the molecule is C=Cc1c(CC)sc2c1CCN(C(=O)C1CC1)C2. The Morgan fingerprint density at radius 3 is 2.94 bits per heavy atom. The minimum absolute atomic E-state index is 0.344. The lowest BCUT2D eigenvalue weighted by Crippen LogP contribution is -2.36. The molecule has 0 saturated heterocycles. The van der Waals surface area contributed by atoms with Crippen molar-refractivity contribution in [2.45, 2.75) is 39.2 Å². The molecule has 3 heteroatoms. The van der Waals surface area contributed by atoms with Gasteiger partial charge in [0, 0.05) is 22.2 Å². The number of carbonyl (C=O) groups excluding carboxylic acids is 1. The molecule has 1 aliphatic heterocycles. The van der Waals surface area contributed by atoms with E-state index in [1.54, 1.807) is 0 Å². The second-order valence-corrected chi connectivity index (χ2v) is 6.37. The monoisotopic (exact) mass is 261 g/mol. The summed E-state index contributed by atoms with van der Waals surface area (Å²) in [6.07, 6.45) is 6.27. The van der Waals surface area contributed by atoms with Crippen molar-refractivity contribution in [3.63, 3.8) is 0 Å². The topological polar surface area (TPSA) is 20.3 Å². The quantitative estimate of drug-likeness (QED) is 0.818. The molecule has 0 N–H and O–H groups in total. The van der Waals surface area contributed by atoms with Crippen molar-refractivity contribution in [1.82, 2.24) is 4.90 Å². The van der Waals surface area contributed by atoms with Crippen molar-refractivity contribution < 1.29 is 4.79 Å². The van der Waals surface area contributed by atoms with Gasteiger partial charge >= 0.3 is 0 Å². The third kappa shape index (κ3) is 1.91. The van der Waals surface area contributed by atoms with Gasteiger partial charge in [0.2, 0.25) is 5.91 Å². The zero-order valence-electron chi connectivity index (χ0n) is 10.9. The summed E-state index contributed by atoms with van der Waals surface area (Å²) in [6.45, 7) is 7.85. The van der Waals surface area contributed by atoms with E-state index in [2.05, 4.69) is 18.4 Å². The van der Waals surface area contributed by atoms with Crippen molar-refractivity contribution in [2.75, 3.05) is 6.54 Å². The van der Waals surface area contributed by atoms with Gasteiger partial charge in [-0.1, -0.05) is 19.6 Å². The van der Waals surface area contributed by atoms with Crippen LogP contribution in [0.15, 0.2) is 6.58 Å². The fourth-order valence-corrected chi connectivity index (χ4v) is 4.07. The number of nitrogens with zero attached hydrogens (tertiary/aromatic N) is 1. The molecular weight excluding hydrogens is 242 g/mol. The van der Waals surface area contributed by atoms with Crippen LogP contribution in [0.5, 0.6) is 0 Å². The van der Waals surface area contributed by atoms with Crippen LogP contribution in [0.25, 0.3) is 6.08 Å². The van der Waals surface area contributed by atoms with Gasteiger partial charge in [-0.2, -0.15) is 0 Å². The summed E-state index contributed by atoms with van der Waals surface area (Å²) in [7, 11) is 0. The number of carbonyl (C=O) groups is 1. The van der Waals surface area contributed by atoms with E-state index in [9.17, 15) is 4.79 Å². The number of fused-ring (bicyclic) bond motifs is 1. The van der Waals surface area contributed by atoms with Gasteiger partial charge in [0.05, 0.1) is 6.54 Å². The molecule has 96 valence electrons. The third-order valence-corrected chi connectivity index (χ3v) is 5.32. The summed E-state index contributed by atoms with van der Waals surface area (Å²) in [4.78, 5) is 17.0. The first kappa shape index (κ1) is 12.0. The average molecular weight is 261 g/mol. The molecule has 3 rings (SSSR count). The summed E-state index contributed by atoms with van der Waals surface area (Å²) in [5.74, 6) is 0.725. The Morgan fingerprint density at radius 2 is 2.33 bits per heavy atom. The average Bonchev–Trinajstić information content (AvgIpc) is 3.17. The van der Waals surface area contributed by atoms with Crippen LogP contribution < -0.4 is 0 Å². The van der Waals surface area contributed by atoms with Gasteiger partial charge in [-0.3, -0.25) is 4.79 Å². The number of amides is 1. The first-order valence-corrected chi connectivity index (χ1v) is 7.60. The zero-order chi connectivity index (χ0) is 12.7. The molecular formula is C15H19NOS. The second-order valence-electron chi connectivity index (χ2n) is 5.18. The number of hydrogen-bond acceptors (Lipinski definition) is 2. The molecule has 1 aliphatic carbocycles. The standard InChI is InChI=1S/C15H19NOS/c1-3-11-12-7-8-16(15(17)10-5-6-10)9-14(12)18-13(11)4-2/h3,10H,1,4-9H2,2H3. The first-order chi connectivity index (χ1) is 8.74. The van der Waals surface area contributed by atoms with E-state index in [1.807, 2.05) is 17.4 Å². The normalized spacial score (nSPS) is 18.6. The van der Waals surface area contributed by atoms with Gasteiger partial charge in [0.15, 0.2) is 0 Å². The van der Waals surface area contributed by atoms with E-state index in [-0.39, 0.29) is 0 Å². The Labute approximate surface area is 112 Å². The number of aryl methyl sites for hydroxylation is 1. The lowest BCUT2D eigenvalue weighted by atomic mass is 10.0. The van der Waals surface area contributed by atoms with Crippen LogP contribution >= 0.6 is 11.3 Å². The highest BCUT2D eigenvalue weighted by Gasteiger charge is 2.35. The molecule has 1 saturated carbocycles. The minimum atomic E-state index is 0.344. The van der Waals surface area contributed by atoms with Gasteiger partial charge in [-0.25, -0.2) is 0 Å². The Kier molecular flexibility index (Phi) is 3.02. The summed E-state index contributed by atoms with van der Waals surface area (Å²) in [5, 5.41) is 0. The second kappa shape index (κ2) is 4.54. The predicted molar refractivity (Wildman–Crippen MR) is 75.6 cm³/mol. The van der Waals surface area contributed by atoms with Crippen LogP contribution in [0.1, 0.15) is 40.6 Å². The minimum Gasteiger partial charge on any atom is -0.337 e. The number of rotatable bonds is 3. The summed E-state index contributed by atoms with van der Waals surface area (Å²) in [5.41, 5.74) is 2.79. The van der Waals surface area contributed by atoms with Crippen LogP contribution in [0, 0.1) is 5.92 Å². The number of thiophene rings is 1. The largest absolute Gasteiger partial charge is 0.337 e. The van der Waals surface area contributed by atoms with Crippen molar-refractivity contribution in [3.8, 4) is 0 Å². The van der Waals surface area contributed by atoms with E-state index in [4.69, 9.17) is 0 Å². The van der Waals surface area contributed by atoms with Crippen molar-refractivity contribution >= 4 is 23.3 Å². The Bertz CT molecular complexity index is 499. The Morgan fingerprint density at radius 1 is 1.56 bits per heavy atom. The van der Waals surface area contributed by atoms with Gasteiger partial charge in [-0.05, 0) is 36.8 Å². The highest BCUT2D eigenvalue weighted by atomic mass is 32.1. The Balaban J connectivity index is 1.86. The molecule has 1 amide bonds. The van der Waals surface area contributed by atoms with Crippen LogP contribution in [0.3, 0.4) is 0 Å². The fraction of sp³-hybridized carbons (Fsp3) is 0.533. The molecule has 18 heavy (non-hydrogen) atoms. The number of hydrogen-bond donors (Lipinski definition) is 0. The maximum atomic E-state index is 12.1. The van der Waals surface area contributed by atoms with Crippen LogP contribution in [-0.2, 0) is 24.2 Å². The molecule has 2 heterocycles. The molecule has 0 unspecified atom stereocenters. The van der Waals surface area contributed by atoms with Crippen molar-refractivity contribution in [2.24, 2.45) is 5.92 Å². The molecule has 2 aliphatic rings. The van der Waals surface area contributed by atoms with Crippen LogP contribution in [-0.4, -0.2) is 17.4 Å². The summed E-state index contributed by atoms with van der Waals surface area (Å²) < 4.78 is 0. The smallest absolute Gasteiger partial charge is 0.226 e. The highest BCUT2D eigenvalue weighted by Crippen LogP contribution is 2.37. The van der Waals surface area contributed by atoms with Crippen LogP contribution in [0.2, 0.25) is 0 Å². The Hall–Kier alpha value is -1.09. The van der Waals surface area contributed by atoms with Gasteiger partial charge in [-0.15, -0.1) is 11.3 Å². The maximum absolute atomic E-state index is 12.1. The molecule has 0 aromatic carbocycles. The van der Waals surface area contributed by atoms with Crippen molar-refractivity contribution in [1.29, 1.82) is 0 Å². The maximum Gasteiger partial charge on any atom is 0.226 e.